The number of fused-ring (bicyclic) bond motifs is 1. The minimum atomic E-state index is 0.485. The number of pyridine rings is 1. The Kier molecular flexibility index (Phi) is 4.26. The molecule has 0 amide bonds. The Morgan fingerprint density at radius 2 is 1.96 bits per heavy atom. The van der Waals surface area contributed by atoms with Crippen molar-refractivity contribution in [2.45, 2.75) is 6.92 Å². The SMILES string of the molecule is Cc1cccc(Oc2ccc(-c3c(C#N)c4cnc(Br)cn4c3N)cc2)n1. The van der Waals surface area contributed by atoms with Gasteiger partial charge < -0.3 is 10.5 Å². The molecule has 0 aliphatic heterocycles. The number of nitriles is 1. The summed E-state index contributed by atoms with van der Waals surface area (Å²) < 4.78 is 8.18. The second-order valence-corrected chi connectivity index (χ2v) is 6.77. The summed E-state index contributed by atoms with van der Waals surface area (Å²) in [6.45, 7) is 1.91. The van der Waals surface area contributed by atoms with Crippen LogP contribution in [0.25, 0.3) is 16.6 Å². The summed E-state index contributed by atoms with van der Waals surface area (Å²) >= 11 is 3.33. The molecule has 0 aliphatic carbocycles. The third-order valence-corrected chi connectivity index (χ3v) is 4.58. The van der Waals surface area contributed by atoms with E-state index in [9.17, 15) is 5.26 Å². The molecule has 27 heavy (non-hydrogen) atoms. The van der Waals surface area contributed by atoms with Gasteiger partial charge in [-0.05, 0) is 46.6 Å². The highest BCUT2D eigenvalue weighted by atomic mass is 79.9. The van der Waals surface area contributed by atoms with Crippen LogP contribution in [-0.2, 0) is 0 Å². The number of nitrogens with zero attached hydrogens (tertiary/aromatic N) is 4. The van der Waals surface area contributed by atoms with E-state index in [0.717, 1.165) is 11.3 Å². The predicted octanol–water partition coefficient (Wildman–Crippen LogP) is 4.71. The summed E-state index contributed by atoms with van der Waals surface area (Å²) in [7, 11) is 0. The second kappa shape index (κ2) is 6.74. The number of aryl methyl sites for hydroxylation is 1. The molecular weight excluding hydrogens is 406 g/mol. The largest absolute Gasteiger partial charge is 0.439 e. The van der Waals surface area contributed by atoms with Crippen LogP contribution in [0, 0.1) is 18.3 Å². The number of halogens is 1. The van der Waals surface area contributed by atoms with Crippen molar-refractivity contribution in [3.8, 4) is 28.8 Å². The molecular formula is C20H14BrN5O. The zero-order valence-electron chi connectivity index (χ0n) is 14.3. The van der Waals surface area contributed by atoms with Crippen LogP contribution in [0.5, 0.6) is 11.6 Å². The van der Waals surface area contributed by atoms with E-state index in [2.05, 4.69) is 32.0 Å². The lowest BCUT2D eigenvalue weighted by Crippen LogP contribution is -1.95. The topological polar surface area (TPSA) is 89.2 Å². The van der Waals surface area contributed by atoms with Gasteiger partial charge in [-0.1, -0.05) is 18.2 Å². The minimum absolute atomic E-state index is 0.485. The first kappa shape index (κ1) is 17.1. The van der Waals surface area contributed by atoms with Crippen LogP contribution < -0.4 is 10.5 Å². The van der Waals surface area contributed by atoms with Crippen molar-refractivity contribution in [3.63, 3.8) is 0 Å². The molecule has 3 heterocycles. The Hall–Kier alpha value is -3.37. The normalized spacial score (nSPS) is 10.7. The molecule has 1 aromatic carbocycles. The van der Waals surface area contributed by atoms with Crippen LogP contribution in [0.2, 0.25) is 0 Å². The molecule has 3 aromatic heterocycles. The van der Waals surface area contributed by atoms with Crippen molar-refractivity contribution < 1.29 is 4.74 Å². The van der Waals surface area contributed by atoms with Crippen LogP contribution in [0.4, 0.5) is 5.82 Å². The van der Waals surface area contributed by atoms with Gasteiger partial charge in [-0.15, -0.1) is 0 Å². The number of rotatable bonds is 3. The minimum Gasteiger partial charge on any atom is -0.439 e. The number of hydrogen-bond acceptors (Lipinski definition) is 5. The number of hydrogen-bond donors (Lipinski definition) is 1. The molecule has 4 rings (SSSR count). The maximum Gasteiger partial charge on any atom is 0.219 e. The van der Waals surface area contributed by atoms with Crippen LogP contribution in [0.3, 0.4) is 0 Å². The lowest BCUT2D eigenvalue weighted by molar-refractivity contribution is 0.462. The molecule has 0 atom stereocenters. The van der Waals surface area contributed by atoms with Crippen LogP contribution in [0.15, 0.2) is 59.5 Å². The molecule has 0 aliphatic rings. The van der Waals surface area contributed by atoms with E-state index < -0.39 is 0 Å². The summed E-state index contributed by atoms with van der Waals surface area (Å²) in [5.41, 5.74) is 9.86. The fourth-order valence-electron chi connectivity index (χ4n) is 2.95. The highest BCUT2D eigenvalue weighted by Crippen LogP contribution is 2.36. The van der Waals surface area contributed by atoms with Crippen LogP contribution in [0.1, 0.15) is 11.3 Å². The molecule has 2 N–H and O–H groups in total. The van der Waals surface area contributed by atoms with Gasteiger partial charge in [-0.3, -0.25) is 4.40 Å². The van der Waals surface area contributed by atoms with Gasteiger partial charge in [0, 0.05) is 23.5 Å². The predicted molar refractivity (Wildman–Crippen MR) is 107 cm³/mol. The van der Waals surface area contributed by atoms with Gasteiger partial charge in [0.25, 0.3) is 0 Å². The molecule has 4 aromatic rings. The molecule has 0 bridgehead atoms. The zero-order valence-corrected chi connectivity index (χ0v) is 15.9. The lowest BCUT2D eigenvalue weighted by atomic mass is 10.0. The summed E-state index contributed by atoms with van der Waals surface area (Å²) in [6, 6.07) is 15.3. The molecule has 0 spiro atoms. The quantitative estimate of drug-likeness (QED) is 0.518. The van der Waals surface area contributed by atoms with Crippen LogP contribution >= 0.6 is 15.9 Å². The highest BCUT2D eigenvalue weighted by Gasteiger charge is 2.18. The first-order valence-corrected chi connectivity index (χ1v) is 8.93. The molecule has 0 fully saturated rings. The Balaban J connectivity index is 1.74. The molecule has 6 nitrogen and oxygen atoms in total. The third-order valence-electron chi connectivity index (χ3n) is 4.17. The molecule has 7 heteroatoms. The first-order chi connectivity index (χ1) is 13.1. The summed E-state index contributed by atoms with van der Waals surface area (Å²) in [5.74, 6) is 1.67. The van der Waals surface area contributed by atoms with E-state index >= 15 is 0 Å². The Morgan fingerprint density at radius 1 is 1.19 bits per heavy atom. The number of nitrogen functional groups attached to an aromatic ring is 1. The van der Waals surface area contributed by atoms with Gasteiger partial charge in [-0.25, -0.2) is 9.97 Å². The number of nitrogens with two attached hydrogens (primary N) is 1. The summed E-state index contributed by atoms with van der Waals surface area (Å²) in [6.07, 6.45) is 3.37. The smallest absolute Gasteiger partial charge is 0.219 e. The first-order valence-electron chi connectivity index (χ1n) is 8.14. The summed E-state index contributed by atoms with van der Waals surface area (Å²) in [5, 5.41) is 9.64. The van der Waals surface area contributed by atoms with Gasteiger partial charge in [0.1, 0.15) is 22.2 Å². The number of benzene rings is 1. The Labute approximate surface area is 164 Å². The summed E-state index contributed by atoms with van der Waals surface area (Å²) in [4.78, 5) is 8.52. The molecule has 0 saturated heterocycles. The van der Waals surface area contributed by atoms with Crippen molar-refractivity contribution in [2.75, 3.05) is 5.73 Å². The van der Waals surface area contributed by atoms with Crippen molar-refractivity contribution in [1.29, 1.82) is 5.26 Å². The zero-order chi connectivity index (χ0) is 19.0. The van der Waals surface area contributed by atoms with Gasteiger partial charge in [0.15, 0.2) is 0 Å². The van der Waals surface area contributed by atoms with Crippen molar-refractivity contribution in [2.24, 2.45) is 0 Å². The number of anilines is 1. The molecule has 0 saturated carbocycles. The third kappa shape index (κ3) is 3.11. The second-order valence-electron chi connectivity index (χ2n) is 5.96. The van der Waals surface area contributed by atoms with E-state index in [1.54, 1.807) is 22.9 Å². The fourth-order valence-corrected chi connectivity index (χ4v) is 3.25. The fraction of sp³-hybridized carbons (Fsp3) is 0.0500. The average Bonchev–Trinajstić information content (AvgIpc) is 2.94. The van der Waals surface area contributed by atoms with Gasteiger partial charge in [-0.2, -0.15) is 5.26 Å². The molecule has 0 unspecified atom stereocenters. The van der Waals surface area contributed by atoms with E-state index in [0.29, 0.717) is 38.7 Å². The molecule has 132 valence electrons. The average molecular weight is 420 g/mol. The van der Waals surface area contributed by atoms with Gasteiger partial charge >= 0.3 is 0 Å². The highest BCUT2D eigenvalue weighted by molar-refractivity contribution is 9.10. The number of ether oxygens (including phenoxy) is 1. The Morgan fingerprint density at radius 3 is 2.67 bits per heavy atom. The van der Waals surface area contributed by atoms with Crippen molar-refractivity contribution in [3.05, 3.63) is 70.7 Å². The monoisotopic (exact) mass is 419 g/mol. The molecule has 0 radical (unpaired) electrons. The Bertz CT molecular complexity index is 1190. The van der Waals surface area contributed by atoms with Crippen molar-refractivity contribution in [1.82, 2.24) is 14.4 Å². The van der Waals surface area contributed by atoms with E-state index in [4.69, 9.17) is 10.5 Å². The van der Waals surface area contributed by atoms with Crippen molar-refractivity contribution >= 4 is 27.3 Å². The number of aromatic nitrogens is 3. The van der Waals surface area contributed by atoms with E-state index in [-0.39, 0.29) is 0 Å². The maximum atomic E-state index is 9.64. The van der Waals surface area contributed by atoms with E-state index in [1.807, 2.05) is 43.3 Å². The van der Waals surface area contributed by atoms with E-state index in [1.165, 1.54) is 0 Å². The lowest BCUT2D eigenvalue weighted by Gasteiger charge is -2.07. The van der Waals surface area contributed by atoms with Crippen LogP contribution in [-0.4, -0.2) is 14.4 Å². The standard InChI is InChI=1S/C20H14BrN5O/c1-12-3-2-4-18(25-12)27-14-7-5-13(6-8-14)19-15(9-22)16-10-24-17(21)11-26(16)20(19)23/h2-8,10-11H,23H2,1H3. The van der Waals surface area contributed by atoms with Gasteiger partial charge in [0.2, 0.25) is 5.88 Å². The van der Waals surface area contributed by atoms with Gasteiger partial charge in [0.05, 0.1) is 17.3 Å². The maximum absolute atomic E-state index is 9.64.